The molecule has 3 aliphatic heterocycles. The van der Waals surface area contributed by atoms with Gasteiger partial charge in [-0.3, -0.25) is 9.89 Å². The summed E-state index contributed by atoms with van der Waals surface area (Å²) in [7, 11) is 1.72. The number of nitrogens with zero attached hydrogens (tertiary/aromatic N) is 2. The van der Waals surface area contributed by atoms with Gasteiger partial charge in [-0.15, -0.1) is 0 Å². The van der Waals surface area contributed by atoms with E-state index in [0.717, 1.165) is 48.5 Å². The molecule has 0 aromatic heterocycles. The minimum Gasteiger partial charge on any atom is -0.504 e. The topological polar surface area (TPSA) is 45.1 Å². The zero-order chi connectivity index (χ0) is 18.5. The smallest absolute Gasteiger partial charge is 0.133 e. The summed E-state index contributed by atoms with van der Waals surface area (Å²) in [6.45, 7) is 8.56. The average molecular weight is 354 g/mol. The normalized spacial score (nSPS) is 34.0. The summed E-state index contributed by atoms with van der Waals surface area (Å²) in [5, 5.41) is 11.6. The molecule has 1 N–H and O–H groups in total. The van der Waals surface area contributed by atoms with Gasteiger partial charge < -0.3 is 9.84 Å². The van der Waals surface area contributed by atoms with Gasteiger partial charge in [0.05, 0.1) is 30.8 Å². The number of hydrogen-bond donors (Lipinski definition) is 1. The molecule has 2 fully saturated rings. The molecule has 0 bridgehead atoms. The Balaban J connectivity index is 1.71. The Morgan fingerprint density at radius 2 is 2.27 bits per heavy atom. The molecule has 0 unspecified atom stereocenters. The minimum absolute atomic E-state index is 0.216. The molecule has 1 aromatic carbocycles. The highest BCUT2D eigenvalue weighted by atomic mass is 16.5. The lowest BCUT2D eigenvalue weighted by atomic mass is 9.70. The molecule has 0 aliphatic carbocycles. The van der Waals surface area contributed by atoms with Gasteiger partial charge in [-0.05, 0) is 55.7 Å². The van der Waals surface area contributed by atoms with Crippen LogP contribution < -0.4 is 0 Å². The first-order valence-electron chi connectivity index (χ1n) is 9.84. The lowest BCUT2D eigenvalue weighted by Crippen LogP contribution is -2.60. The molecule has 4 atom stereocenters. The Bertz CT molecular complexity index is 769. The van der Waals surface area contributed by atoms with Crippen LogP contribution in [0.3, 0.4) is 0 Å². The van der Waals surface area contributed by atoms with Gasteiger partial charge in [0.15, 0.2) is 0 Å². The number of aryl methyl sites for hydroxylation is 1. The standard InChI is InChI=1S/C22H30N2O2/c1-5-16-12-24-10-9-22(25)20-14(2)7-6-8-18(20)23-21(22)19(24)11-17(16)15(3)13-26-4/h6-8,13,16-17,19,25H,5,9-12H2,1-4H3/t16-,17-,19+,22+/m1/s1. The van der Waals surface area contributed by atoms with Crippen molar-refractivity contribution in [3.05, 3.63) is 41.2 Å². The van der Waals surface area contributed by atoms with Crippen molar-refractivity contribution in [1.29, 1.82) is 0 Å². The first-order chi connectivity index (χ1) is 12.5. The van der Waals surface area contributed by atoms with Crippen LogP contribution in [0.25, 0.3) is 0 Å². The van der Waals surface area contributed by atoms with E-state index in [9.17, 15) is 5.11 Å². The van der Waals surface area contributed by atoms with Crippen LogP contribution in [0.5, 0.6) is 0 Å². The first kappa shape index (κ1) is 17.7. The monoisotopic (exact) mass is 354 g/mol. The highest BCUT2D eigenvalue weighted by Crippen LogP contribution is 2.49. The van der Waals surface area contributed by atoms with Crippen LogP contribution in [-0.2, 0) is 10.3 Å². The molecule has 4 nitrogen and oxygen atoms in total. The number of aliphatic imine (C=N–C) groups is 1. The van der Waals surface area contributed by atoms with Crippen LogP contribution in [0.15, 0.2) is 35.0 Å². The third-order valence-corrected chi connectivity index (χ3v) is 6.77. The van der Waals surface area contributed by atoms with Crippen LogP contribution in [0, 0.1) is 18.8 Å². The Morgan fingerprint density at radius 3 is 3.00 bits per heavy atom. The number of fused-ring (bicyclic) bond motifs is 5. The highest BCUT2D eigenvalue weighted by molar-refractivity contribution is 6.04. The summed E-state index contributed by atoms with van der Waals surface area (Å²) in [5.74, 6) is 1.12. The number of ether oxygens (including phenoxy) is 1. The third kappa shape index (κ3) is 2.54. The van der Waals surface area contributed by atoms with E-state index >= 15 is 0 Å². The molecule has 4 heteroatoms. The Kier molecular flexibility index (Phi) is 4.44. The number of benzene rings is 1. The molecule has 2 saturated heterocycles. The minimum atomic E-state index is -0.885. The fourth-order valence-corrected chi connectivity index (χ4v) is 5.46. The van der Waals surface area contributed by atoms with Gasteiger partial charge in [-0.2, -0.15) is 0 Å². The van der Waals surface area contributed by atoms with Crippen LogP contribution in [0.4, 0.5) is 5.69 Å². The fraction of sp³-hybridized carbons (Fsp3) is 0.591. The van der Waals surface area contributed by atoms with Gasteiger partial charge >= 0.3 is 0 Å². The maximum absolute atomic E-state index is 11.6. The van der Waals surface area contributed by atoms with Crippen molar-refractivity contribution in [3.63, 3.8) is 0 Å². The summed E-state index contributed by atoms with van der Waals surface area (Å²) in [6.07, 6.45) is 4.82. The quantitative estimate of drug-likeness (QED) is 0.836. The van der Waals surface area contributed by atoms with Crippen LogP contribution in [0.1, 0.15) is 44.2 Å². The zero-order valence-corrected chi connectivity index (χ0v) is 16.3. The first-order valence-corrected chi connectivity index (χ1v) is 9.84. The lowest BCUT2D eigenvalue weighted by molar-refractivity contribution is 0.0184. The van der Waals surface area contributed by atoms with Crippen molar-refractivity contribution in [2.45, 2.75) is 51.7 Å². The molecule has 3 heterocycles. The second kappa shape index (κ2) is 6.50. The van der Waals surface area contributed by atoms with E-state index in [2.05, 4.69) is 31.7 Å². The van der Waals surface area contributed by atoms with E-state index in [4.69, 9.17) is 9.73 Å². The molecule has 140 valence electrons. The Morgan fingerprint density at radius 1 is 1.46 bits per heavy atom. The van der Waals surface area contributed by atoms with Gasteiger partial charge in [-0.1, -0.05) is 25.5 Å². The van der Waals surface area contributed by atoms with E-state index < -0.39 is 5.60 Å². The van der Waals surface area contributed by atoms with E-state index in [0.29, 0.717) is 11.8 Å². The van der Waals surface area contributed by atoms with Crippen LogP contribution in [0.2, 0.25) is 0 Å². The van der Waals surface area contributed by atoms with E-state index in [1.807, 2.05) is 18.4 Å². The molecule has 0 amide bonds. The molecular formula is C22H30N2O2. The lowest BCUT2D eigenvalue weighted by Gasteiger charge is -2.50. The number of aliphatic hydroxyl groups is 1. The second-order valence-electron chi connectivity index (χ2n) is 8.20. The number of rotatable bonds is 3. The number of allylic oxidation sites excluding steroid dienone is 1. The summed E-state index contributed by atoms with van der Waals surface area (Å²) < 4.78 is 5.30. The fourth-order valence-electron chi connectivity index (χ4n) is 5.46. The maximum Gasteiger partial charge on any atom is 0.133 e. The zero-order valence-electron chi connectivity index (χ0n) is 16.3. The largest absolute Gasteiger partial charge is 0.504 e. The maximum atomic E-state index is 11.6. The van der Waals surface area contributed by atoms with Crippen LogP contribution >= 0.6 is 0 Å². The summed E-state index contributed by atoms with van der Waals surface area (Å²) in [4.78, 5) is 7.51. The summed E-state index contributed by atoms with van der Waals surface area (Å²) >= 11 is 0. The number of methoxy groups -OCH3 is 1. The predicted molar refractivity (Wildman–Crippen MR) is 105 cm³/mol. The summed E-state index contributed by atoms with van der Waals surface area (Å²) in [6, 6.07) is 6.39. The van der Waals surface area contributed by atoms with Gasteiger partial charge in [-0.25, -0.2) is 0 Å². The van der Waals surface area contributed by atoms with Crippen molar-refractivity contribution in [2.24, 2.45) is 16.8 Å². The number of piperidine rings is 2. The van der Waals surface area contributed by atoms with Gasteiger partial charge in [0.25, 0.3) is 0 Å². The van der Waals surface area contributed by atoms with Crippen molar-refractivity contribution < 1.29 is 9.84 Å². The van der Waals surface area contributed by atoms with Gasteiger partial charge in [0, 0.05) is 18.7 Å². The molecule has 1 aromatic rings. The SMILES string of the molecule is CC[C@@H]1CN2CC[C@@]3(O)C(=Nc4cccc(C)c43)[C@@H]2C[C@@H]1C(C)=COC. The second-order valence-corrected chi connectivity index (χ2v) is 8.20. The molecule has 0 radical (unpaired) electrons. The van der Waals surface area contributed by atoms with Crippen LogP contribution in [-0.4, -0.2) is 42.0 Å². The van der Waals surface area contributed by atoms with E-state index in [-0.39, 0.29) is 6.04 Å². The van der Waals surface area contributed by atoms with Gasteiger partial charge in [0.1, 0.15) is 5.60 Å². The third-order valence-electron chi connectivity index (χ3n) is 6.77. The molecule has 3 aliphatic rings. The summed E-state index contributed by atoms with van der Waals surface area (Å²) in [5.41, 5.74) is 4.53. The van der Waals surface area contributed by atoms with E-state index in [1.54, 1.807) is 7.11 Å². The molecule has 26 heavy (non-hydrogen) atoms. The Labute approximate surface area is 156 Å². The van der Waals surface area contributed by atoms with Crippen molar-refractivity contribution in [1.82, 2.24) is 4.90 Å². The predicted octanol–water partition coefficient (Wildman–Crippen LogP) is 3.94. The van der Waals surface area contributed by atoms with Gasteiger partial charge in [0.2, 0.25) is 0 Å². The molecule has 0 spiro atoms. The number of hydrogen-bond acceptors (Lipinski definition) is 4. The molecule has 4 rings (SSSR count). The van der Waals surface area contributed by atoms with Crippen molar-refractivity contribution in [2.75, 3.05) is 20.2 Å². The van der Waals surface area contributed by atoms with Crippen molar-refractivity contribution in [3.8, 4) is 0 Å². The highest BCUT2D eigenvalue weighted by Gasteiger charge is 2.52. The van der Waals surface area contributed by atoms with Crippen molar-refractivity contribution >= 4 is 11.4 Å². The molecular weight excluding hydrogens is 324 g/mol. The Hall–Kier alpha value is -1.65. The van der Waals surface area contributed by atoms with E-state index in [1.165, 1.54) is 12.0 Å². The average Bonchev–Trinajstić information content (AvgIpc) is 2.95. The molecule has 0 saturated carbocycles.